The molecule has 0 saturated carbocycles. The third-order valence-electron chi connectivity index (χ3n) is 2.46. The summed E-state index contributed by atoms with van der Waals surface area (Å²) in [5.41, 5.74) is 1.07. The molecule has 0 aliphatic carbocycles. The highest BCUT2D eigenvalue weighted by molar-refractivity contribution is 7.59. The molecule has 0 spiro atoms. The number of allylic oxidation sites excluding steroid dienone is 1. The van der Waals surface area contributed by atoms with Crippen LogP contribution in [0.25, 0.3) is 0 Å². The molecule has 15 heavy (non-hydrogen) atoms. The largest absolute Gasteiger partial charge is 0.315 e. The van der Waals surface area contributed by atoms with E-state index in [1.165, 1.54) is 6.42 Å². The standard InChI is InChI=1S/C11H22NO2P/c1-4-14-15(13,10-11(2)3)12-8-6-5-7-9-12/h10H,4-9H2,1-3H3. The zero-order valence-corrected chi connectivity index (χ0v) is 10.9. The summed E-state index contributed by atoms with van der Waals surface area (Å²) in [4.78, 5) is 0. The Balaban J connectivity index is 2.79. The quantitative estimate of drug-likeness (QED) is 0.692. The molecular formula is C11H22NO2P. The van der Waals surface area contributed by atoms with E-state index in [1.807, 2.05) is 31.3 Å². The lowest BCUT2D eigenvalue weighted by Crippen LogP contribution is -2.27. The molecule has 1 unspecified atom stereocenters. The highest BCUT2D eigenvalue weighted by Crippen LogP contribution is 2.54. The Bertz CT molecular complexity index is 266. The van der Waals surface area contributed by atoms with Crippen LogP contribution in [0, 0.1) is 0 Å². The van der Waals surface area contributed by atoms with Gasteiger partial charge in [-0.3, -0.25) is 4.57 Å². The molecule has 0 radical (unpaired) electrons. The van der Waals surface area contributed by atoms with Crippen LogP contribution in [-0.4, -0.2) is 24.4 Å². The second kappa shape index (κ2) is 5.83. The fourth-order valence-corrected chi connectivity index (χ4v) is 4.13. The fraction of sp³-hybridized carbons (Fsp3) is 0.818. The van der Waals surface area contributed by atoms with Crippen molar-refractivity contribution >= 4 is 7.52 Å². The maximum Gasteiger partial charge on any atom is 0.295 e. The Hall–Kier alpha value is -0.110. The van der Waals surface area contributed by atoms with Gasteiger partial charge in [-0.05, 0) is 33.6 Å². The second-order valence-electron chi connectivity index (χ2n) is 4.20. The average molecular weight is 231 g/mol. The zero-order chi connectivity index (χ0) is 11.3. The molecule has 3 nitrogen and oxygen atoms in total. The molecule has 1 aliphatic heterocycles. The van der Waals surface area contributed by atoms with Gasteiger partial charge in [0.25, 0.3) is 7.52 Å². The molecule has 1 aliphatic rings. The summed E-state index contributed by atoms with van der Waals surface area (Å²) in [5.74, 6) is 1.81. The third-order valence-corrected chi connectivity index (χ3v) is 5.12. The summed E-state index contributed by atoms with van der Waals surface area (Å²) in [7, 11) is -2.68. The van der Waals surface area contributed by atoms with E-state index in [2.05, 4.69) is 0 Å². The predicted molar refractivity (Wildman–Crippen MR) is 64.1 cm³/mol. The van der Waals surface area contributed by atoms with Crippen molar-refractivity contribution in [2.75, 3.05) is 19.7 Å². The highest BCUT2D eigenvalue weighted by atomic mass is 31.2. The van der Waals surface area contributed by atoms with Crippen LogP contribution in [0.2, 0.25) is 0 Å². The van der Waals surface area contributed by atoms with Crippen LogP contribution < -0.4 is 0 Å². The van der Waals surface area contributed by atoms with E-state index in [0.717, 1.165) is 31.5 Å². The summed E-state index contributed by atoms with van der Waals surface area (Å²) in [6, 6.07) is 0. The smallest absolute Gasteiger partial charge is 0.295 e. The number of hydrogen-bond acceptors (Lipinski definition) is 2. The molecule has 0 aromatic heterocycles. The molecule has 1 fully saturated rings. The van der Waals surface area contributed by atoms with Crippen molar-refractivity contribution in [1.29, 1.82) is 0 Å². The minimum Gasteiger partial charge on any atom is -0.315 e. The third kappa shape index (κ3) is 3.75. The van der Waals surface area contributed by atoms with Crippen molar-refractivity contribution in [3.05, 3.63) is 11.4 Å². The van der Waals surface area contributed by atoms with Crippen LogP contribution in [0.15, 0.2) is 11.4 Å². The molecule has 1 rings (SSSR count). The van der Waals surface area contributed by atoms with Gasteiger partial charge >= 0.3 is 0 Å². The van der Waals surface area contributed by atoms with Crippen LogP contribution >= 0.6 is 7.52 Å². The summed E-state index contributed by atoms with van der Waals surface area (Å²) < 4.78 is 20.1. The number of nitrogens with zero attached hydrogens (tertiary/aromatic N) is 1. The van der Waals surface area contributed by atoms with Gasteiger partial charge < -0.3 is 4.52 Å². The van der Waals surface area contributed by atoms with Crippen LogP contribution in [0.5, 0.6) is 0 Å². The first-order valence-electron chi connectivity index (χ1n) is 5.74. The van der Waals surface area contributed by atoms with Gasteiger partial charge in [0.05, 0.1) is 6.61 Å². The van der Waals surface area contributed by atoms with Crippen molar-refractivity contribution in [2.24, 2.45) is 0 Å². The molecule has 0 N–H and O–H groups in total. The zero-order valence-electron chi connectivity index (χ0n) is 10.0. The SMILES string of the molecule is CCOP(=O)(C=C(C)C)N1CCCCC1. The highest BCUT2D eigenvalue weighted by Gasteiger charge is 2.29. The van der Waals surface area contributed by atoms with Gasteiger partial charge in [0.1, 0.15) is 0 Å². The lowest BCUT2D eigenvalue weighted by Gasteiger charge is -2.32. The minimum atomic E-state index is -2.68. The first kappa shape index (κ1) is 13.0. The Morgan fingerprint density at radius 2 is 1.93 bits per heavy atom. The second-order valence-corrected chi connectivity index (χ2v) is 6.41. The number of hydrogen-bond donors (Lipinski definition) is 0. The van der Waals surface area contributed by atoms with Gasteiger partial charge in [-0.2, -0.15) is 0 Å². The maximum atomic E-state index is 12.6. The molecule has 0 amide bonds. The lowest BCUT2D eigenvalue weighted by atomic mass is 10.2. The van der Waals surface area contributed by atoms with Gasteiger partial charge in [0.2, 0.25) is 0 Å². The molecule has 0 bridgehead atoms. The number of rotatable bonds is 4. The molecular weight excluding hydrogens is 209 g/mol. The average Bonchev–Trinajstić information content (AvgIpc) is 2.18. The minimum absolute atomic E-state index is 0.511. The number of piperidine rings is 1. The van der Waals surface area contributed by atoms with Crippen LogP contribution in [0.1, 0.15) is 40.0 Å². The van der Waals surface area contributed by atoms with Gasteiger partial charge in [-0.15, -0.1) is 0 Å². The van der Waals surface area contributed by atoms with E-state index >= 15 is 0 Å². The molecule has 1 saturated heterocycles. The Kier molecular flexibility index (Phi) is 5.04. The van der Waals surface area contributed by atoms with Crippen molar-refractivity contribution in [3.8, 4) is 0 Å². The Morgan fingerprint density at radius 3 is 2.40 bits per heavy atom. The topological polar surface area (TPSA) is 29.5 Å². The van der Waals surface area contributed by atoms with Gasteiger partial charge in [-0.25, -0.2) is 4.67 Å². The molecule has 1 atom stereocenters. The van der Waals surface area contributed by atoms with Crippen LogP contribution in [0.3, 0.4) is 0 Å². The first-order chi connectivity index (χ1) is 7.08. The van der Waals surface area contributed by atoms with E-state index in [4.69, 9.17) is 4.52 Å². The van der Waals surface area contributed by atoms with Gasteiger partial charge in [-0.1, -0.05) is 12.0 Å². The monoisotopic (exact) mass is 231 g/mol. The molecule has 1 heterocycles. The fourth-order valence-electron chi connectivity index (χ4n) is 1.87. The summed E-state index contributed by atoms with van der Waals surface area (Å²) >= 11 is 0. The Morgan fingerprint density at radius 1 is 1.33 bits per heavy atom. The van der Waals surface area contributed by atoms with Crippen molar-refractivity contribution in [1.82, 2.24) is 4.67 Å². The van der Waals surface area contributed by atoms with Crippen molar-refractivity contribution in [2.45, 2.75) is 40.0 Å². The van der Waals surface area contributed by atoms with E-state index in [0.29, 0.717) is 6.61 Å². The van der Waals surface area contributed by atoms with Crippen molar-refractivity contribution in [3.63, 3.8) is 0 Å². The van der Waals surface area contributed by atoms with Crippen LogP contribution in [-0.2, 0) is 9.09 Å². The summed E-state index contributed by atoms with van der Waals surface area (Å²) in [5, 5.41) is 0. The van der Waals surface area contributed by atoms with E-state index in [1.54, 1.807) is 0 Å². The van der Waals surface area contributed by atoms with Gasteiger partial charge in [0, 0.05) is 18.9 Å². The van der Waals surface area contributed by atoms with Gasteiger partial charge in [0.15, 0.2) is 0 Å². The maximum absolute atomic E-state index is 12.6. The van der Waals surface area contributed by atoms with E-state index in [-0.39, 0.29) is 0 Å². The molecule has 0 aromatic carbocycles. The normalized spacial score (nSPS) is 22.1. The Labute approximate surface area is 93.0 Å². The summed E-state index contributed by atoms with van der Waals surface area (Å²) in [6.45, 7) is 8.15. The van der Waals surface area contributed by atoms with Crippen molar-refractivity contribution < 1.29 is 9.09 Å². The predicted octanol–water partition coefficient (Wildman–Crippen LogP) is 3.63. The molecule has 0 aromatic rings. The van der Waals surface area contributed by atoms with Crippen LogP contribution in [0.4, 0.5) is 0 Å². The molecule has 88 valence electrons. The van der Waals surface area contributed by atoms with E-state index < -0.39 is 7.52 Å². The summed E-state index contributed by atoms with van der Waals surface area (Å²) in [6.07, 6.45) is 3.51. The van der Waals surface area contributed by atoms with E-state index in [9.17, 15) is 4.57 Å². The lowest BCUT2D eigenvalue weighted by molar-refractivity contribution is 0.258. The molecule has 4 heteroatoms. The first-order valence-corrected chi connectivity index (χ1v) is 7.39.